The van der Waals surface area contributed by atoms with Crippen LogP contribution in [-0.2, 0) is 0 Å². The van der Waals surface area contributed by atoms with Crippen LogP contribution >= 0.6 is 0 Å². The number of hydrogen-bond donors (Lipinski definition) is 3. The summed E-state index contributed by atoms with van der Waals surface area (Å²) in [5.41, 5.74) is 11.3. The maximum Gasteiger partial charge on any atom is 0.121 e. The first-order chi connectivity index (χ1) is 15.7. The van der Waals surface area contributed by atoms with Crippen LogP contribution in [0.4, 0.5) is 0 Å². The molecule has 4 aromatic carbocycles. The van der Waals surface area contributed by atoms with Crippen molar-refractivity contribution in [1.29, 1.82) is 0 Å². The Morgan fingerprint density at radius 1 is 0.545 bits per heavy atom. The molecule has 5 rings (SSSR count). The van der Waals surface area contributed by atoms with Crippen molar-refractivity contribution in [2.24, 2.45) is 0 Å². The lowest BCUT2D eigenvalue weighted by molar-refractivity contribution is 0.431. The number of aromatic hydroxyl groups is 2. The first kappa shape index (κ1) is 21.5. The molecule has 2 unspecified atom stereocenters. The standard InChI is InChI=1S/C30H31NO2/c1-15-11-17(3)24(18(4)12-15)29-27-22(32)9-7-21-8-10-23(33)28(26(21)27)30(31-29)25-19(5)13-16(2)14-20(25)6/h7-14,29-33H,1-6H3. The second-order valence-electron chi connectivity index (χ2n) is 9.75. The lowest BCUT2D eigenvalue weighted by Gasteiger charge is -2.37. The Morgan fingerprint density at radius 3 is 1.27 bits per heavy atom. The quantitative estimate of drug-likeness (QED) is 0.320. The van der Waals surface area contributed by atoms with Crippen molar-refractivity contribution in [3.63, 3.8) is 0 Å². The molecule has 0 spiro atoms. The minimum Gasteiger partial charge on any atom is -0.508 e. The van der Waals surface area contributed by atoms with Crippen molar-refractivity contribution >= 4 is 10.8 Å². The maximum absolute atomic E-state index is 11.1. The van der Waals surface area contributed by atoms with Crippen molar-refractivity contribution in [3.8, 4) is 11.5 Å². The summed E-state index contributed by atoms with van der Waals surface area (Å²) in [7, 11) is 0. The molecule has 0 saturated heterocycles. The summed E-state index contributed by atoms with van der Waals surface area (Å²) in [5.74, 6) is 0.504. The van der Waals surface area contributed by atoms with E-state index in [-0.39, 0.29) is 23.6 Å². The summed E-state index contributed by atoms with van der Waals surface area (Å²) in [6, 6.07) is 15.9. The smallest absolute Gasteiger partial charge is 0.121 e. The lowest BCUT2D eigenvalue weighted by atomic mass is 9.78. The van der Waals surface area contributed by atoms with E-state index in [4.69, 9.17) is 0 Å². The lowest BCUT2D eigenvalue weighted by Crippen LogP contribution is -2.34. The Bertz CT molecular complexity index is 1280. The van der Waals surface area contributed by atoms with Gasteiger partial charge in [-0.05, 0) is 97.8 Å². The van der Waals surface area contributed by atoms with E-state index in [2.05, 4.69) is 71.1 Å². The zero-order chi connectivity index (χ0) is 23.6. The van der Waals surface area contributed by atoms with Crippen molar-refractivity contribution < 1.29 is 10.2 Å². The maximum atomic E-state index is 11.1. The third-order valence-corrected chi connectivity index (χ3v) is 7.18. The molecule has 1 aliphatic rings. The average Bonchev–Trinajstić information content (AvgIpc) is 2.71. The largest absolute Gasteiger partial charge is 0.508 e. The van der Waals surface area contributed by atoms with Gasteiger partial charge in [0.1, 0.15) is 11.5 Å². The van der Waals surface area contributed by atoms with Gasteiger partial charge in [-0.25, -0.2) is 0 Å². The highest BCUT2D eigenvalue weighted by atomic mass is 16.3. The van der Waals surface area contributed by atoms with Gasteiger partial charge < -0.3 is 10.2 Å². The van der Waals surface area contributed by atoms with Crippen molar-refractivity contribution in [1.82, 2.24) is 5.32 Å². The minimum atomic E-state index is -0.200. The number of phenolic OH excluding ortho intramolecular Hbond substituents is 2. The molecule has 0 aliphatic carbocycles. The molecular weight excluding hydrogens is 406 g/mol. The normalized spacial score (nSPS) is 17.5. The molecule has 168 valence electrons. The number of phenols is 2. The topological polar surface area (TPSA) is 52.5 Å². The summed E-state index contributed by atoms with van der Waals surface area (Å²) in [5, 5.41) is 28.1. The fourth-order valence-electron chi connectivity index (χ4n) is 6.12. The van der Waals surface area contributed by atoms with Gasteiger partial charge in [0.05, 0.1) is 12.1 Å². The molecule has 0 aromatic heterocycles. The summed E-state index contributed by atoms with van der Waals surface area (Å²) < 4.78 is 0. The molecule has 0 amide bonds. The van der Waals surface area contributed by atoms with Crippen LogP contribution in [0.5, 0.6) is 11.5 Å². The first-order valence-electron chi connectivity index (χ1n) is 11.6. The van der Waals surface area contributed by atoms with E-state index in [0.29, 0.717) is 0 Å². The van der Waals surface area contributed by atoms with Crippen molar-refractivity contribution in [2.45, 2.75) is 53.6 Å². The van der Waals surface area contributed by atoms with Crippen molar-refractivity contribution in [3.05, 3.63) is 104 Å². The van der Waals surface area contributed by atoms with E-state index < -0.39 is 0 Å². The third-order valence-electron chi connectivity index (χ3n) is 7.18. The Balaban J connectivity index is 1.90. The Labute approximate surface area is 195 Å². The molecule has 0 radical (unpaired) electrons. The summed E-state index contributed by atoms with van der Waals surface area (Å²) in [4.78, 5) is 0. The van der Waals surface area contributed by atoms with Gasteiger partial charge in [0.15, 0.2) is 0 Å². The number of aryl methyl sites for hydroxylation is 6. The molecule has 4 aromatic rings. The van der Waals surface area contributed by atoms with Gasteiger partial charge in [0.2, 0.25) is 0 Å². The van der Waals surface area contributed by atoms with E-state index >= 15 is 0 Å². The highest BCUT2D eigenvalue weighted by Crippen LogP contribution is 2.50. The van der Waals surface area contributed by atoms with Gasteiger partial charge >= 0.3 is 0 Å². The third kappa shape index (κ3) is 3.30. The van der Waals surface area contributed by atoms with Crippen LogP contribution in [0, 0.1) is 41.5 Å². The summed E-state index contributed by atoms with van der Waals surface area (Å²) >= 11 is 0. The highest BCUT2D eigenvalue weighted by Gasteiger charge is 2.36. The van der Waals surface area contributed by atoms with Crippen LogP contribution in [0.25, 0.3) is 10.8 Å². The van der Waals surface area contributed by atoms with E-state index in [9.17, 15) is 10.2 Å². The second kappa shape index (κ2) is 7.64. The number of rotatable bonds is 2. The zero-order valence-electron chi connectivity index (χ0n) is 20.2. The fourth-order valence-corrected chi connectivity index (χ4v) is 6.12. The van der Waals surface area contributed by atoms with Gasteiger partial charge in [-0.3, -0.25) is 5.32 Å². The highest BCUT2D eigenvalue weighted by molar-refractivity contribution is 5.95. The van der Waals surface area contributed by atoms with Crippen LogP contribution in [0.1, 0.15) is 67.7 Å². The van der Waals surface area contributed by atoms with Gasteiger partial charge in [0.25, 0.3) is 0 Å². The average molecular weight is 438 g/mol. The molecule has 0 bridgehead atoms. The van der Waals surface area contributed by atoms with E-state index in [1.54, 1.807) is 12.1 Å². The SMILES string of the molecule is Cc1cc(C)c(C2NC(c3c(C)cc(C)cc3C)c3c(O)ccc4ccc(O)c2c34)c(C)c1. The van der Waals surface area contributed by atoms with Gasteiger partial charge in [-0.15, -0.1) is 0 Å². The zero-order valence-corrected chi connectivity index (χ0v) is 20.2. The summed E-state index contributed by atoms with van der Waals surface area (Å²) in [6.45, 7) is 12.8. The Morgan fingerprint density at radius 2 is 0.909 bits per heavy atom. The van der Waals surface area contributed by atoms with E-state index in [1.165, 1.54) is 44.5 Å². The summed E-state index contributed by atoms with van der Waals surface area (Å²) in [6.07, 6.45) is 0. The van der Waals surface area contributed by atoms with E-state index in [0.717, 1.165) is 21.9 Å². The molecule has 1 heterocycles. The number of nitrogens with one attached hydrogen (secondary N) is 1. The van der Waals surface area contributed by atoms with Gasteiger partial charge in [-0.1, -0.05) is 47.5 Å². The first-order valence-corrected chi connectivity index (χ1v) is 11.6. The predicted octanol–water partition coefficient (Wildman–Crippen LogP) is 6.88. The van der Waals surface area contributed by atoms with Gasteiger partial charge in [0, 0.05) is 11.1 Å². The second-order valence-corrected chi connectivity index (χ2v) is 9.75. The molecule has 3 nitrogen and oxygen atoms in total. The van der Waals surface area contributed by atoms with E-state index in [1.807, 2.05) is 12.1 Å². The molecule has 0 saturated carbocycles. The Hall–Kier alpha value is -3.30. The predicted molar refractivity (Wildman–Crippen MR) is 135 cm³/mol. The number of hydrogen-bond acceptors (Lipinski definition) is 3. The van der Waals surface area contributed by atoms with Crippen LogP contribution in [0.3, 0.4) is 0 Å². The van der Waals surface area contributed by atoms with Crippen molar-refractivity contribution in [2.75, 3.05) is 0 Å². The molecule has 3 N–H and O–H groups in total. The molecular formula is C30H31NO2. The van der Waals surface area contributed by atoms with Crippen LogP contribution in [-0.4, -0.2) is 10.2 Å². The van der Waals surface area contributed by atoms with Crippen LogP contribution in [0.15, 0.2) is 48.5 Å². The molecule has 0 fully saturated rings. The molecule has 3 heteroatoms. The van der Waals surface area contributed by atoms with Gasteiger partial charge in [-0.2, -0.15) is 0 Å². The molecule has 1 aliphatic heterocycles. The number of benzene rings is 4. The minimum absolute atomic E-state index is 0.200. The molecule has 2 atom stereocenters. The van der Waals surface area contributed by atoms with Crippen LogP contribution in [0.2, 0.25) is 0 Å². The molecule has 33 heavy (non-hydrogen) atoms. The van der Waals surface area contributed by atoms with Crippen LogP contribution < -0.4 is 5.32 Å². The fraction of sp³-hybridized carbons (Fsp3) is 0.267. The monoisotopic (exact) mass is 437 g/mol. The Kier molecular flexibility index (Phi) is 4.98.